The summed E-state index contributed by atoms with van der Waals surface area (Å²) in [6.45, 7) is 3.29. The number of thiophene rings is 1. The first-order valence-corrected chi connectivity index (χ1v) is 11.9. The predicted octanol–water partition coefficient (Wildman–Crippen LogP) is 5.53. The fraction of sp³-hybridized carbons (Fsp3) is 0.280. The maximum atomic E-state index is 13.6. The molecule has 32 heavy (non-hydrogen) atoms. The first kappa shape index (κ1) is 21.2. The number of carbonyl (C=O) groups is 1. The van der Waals surface area contributed by atoms with Crippen molar-refractivity contribution in [2.24, 2.45) is 0 Å². The summed E-state index contributed by atoms with van der Waals surface area (Å²) in [5, 5.41) is 2.29. The third-order valence-corrected chi connectivity index (χ3v) is 7.65. The number of benzene rings is 2. The molecule has 1 amide bonds. The molecule has 0 saturated carbocycles. The molecule has 0 aliphatic carbocycles. The number of aryl methyl sites for hydroxylation is 1. The van der Waals surface area contributed by atoms with Crippen LogP contribution in [0.3, 0.4) is 0 Å². The van der Waals surface area contributed by atoms with Crippen molar-refractivity contribution >= 4 is 49.8 Å². The Kier molecular flexibility index (Phi) is 5.76. The van der Waals surface area contributed by atoms with Gasteiger partial charge in [-0.25, -0.2) is 0 Å². The zero-order chi connectivity index (χ0) is 22.2. The number of nitrogens with one attached hydrogen (secondary N) is 1. The highest BCUT2D eigenvalue weighted by molar-refractivity contribution is 7.21. The smallest absolute Gasteiger partial charge is 0.265 e. The molecule has 0 bridgehead atoms. The molecule has 1 saturated heterocycles. The first-order valence-electron chi connectivity index (χ1n) is 10.7. The second kappa shape index (κ2) is 8.70. The SMILES string of the molecule is Cc1cccc2cc(CN(CC3CCCO3)C(=O)c3sc4ccccc4c3Cl)c(=O)[nH]c12. The lowest BCUT2D eigenvalue weighted by Crippen LogP contribution is -2.38. The second-order valence-corrected chi connectivity index (χ2v) is 9.66. The molecule has 4 aromatic rings. The monoisotopic (exact) mass is 466 g/mol. The van der Waals surface area contributed by atoms with Gasteiger partial charge in [0, 0.05) is 28.8 Å². The molecule has 3 heterocycles. The fourth-order valence-corrected chi connectivity index (χ4v) is 5.78. The Morgan fingerprint density at radius 2 is 2.09 bits per heavy atom. The Morgan fingerprint density at radius 3 is 2.88 bits per heavy atom. The van der Waals surface area contributed by atoms with Gasteiger partial charge in [0.05, 0.1) is 23.2 Å². The first-order chi connectivity index (χ1) is 15.5. The van der Waals surface area contributed by atoms with E-state index in [2.05, 4.69) is 4.98 Å². The van der Waals surface area contributed by atoms with Gasteiger partial charge < -0.3 is 14.6 Å². The lowest BCUT2D eigenvalue weighted by atomic mass is 10.1. The number of para-hydroxylation sites is 1. The topological polar surface area (TPSA) is 62.4 Å². The van der Waals surface area contributed by atoms with Crippen molar-refractivity contribution < 1.29 is 9.53 Å². The van der Waals surface area contributed by atoms with Gasteiger partial charge in [0.15, 0.2) is 0 Å². The molecule has 5 rings (SSSR count). The summed E-state index contributed by atoms with van der Waals surface area (Å²) in [7, 11) is 0. The molecule has 164 valence electrons. The van der Waals surface area contributed by atoms with Crippen molar-refractivity contribution in [3.8, 4) is 0 Å². The minimum absolute atomic E-state index is 0.0334. The van der Waals surface area contributed by atoms with E-state index in [1.807, 2.05) is 55.5 Å². The Hall–Kier alpha value is -2.67. The number of pyridine rings is 1. The Labute approximate surface area is 194 Å². The number of aromatic amines is 1. The molecule has 2 aromatic heterocycles. The molecule has 1 unspecified atom stereocenters. The number of halogens is 1. The number of amides is 1. The van der Waals surface area contributed by atoms with Crippen LogP contribution in [0.15, 0.2) is 53.3 Å². The second-order valence-electron chi connectivity index (χ2n) is 8.22. The predicted molar refractivity (Wildman–Crippen MR) is 130 cm³/mol. The molecule has 1 aliphatic heterocycles. The van der Waals surface area contributed by atoms with Crippen molar-refractivity contribution in [3.05, 3.63) is 79.9 Å². The van der Waals surface area contributed by atoms with Crippen LogP contribution in [0.2, 0.25) is 5.02 Å². The van der Waals surface area contributed by atoms with Gasteiger partial charge in [-0.2, -0.15) is 0 Å². The van der Waals surface area contributed by atoms with Gasteiger partial charge in [0.1, 0.15) is 4.88 Å². The molecular weight excluding hydrogens is 444 g/mol. The van der Waals surface area contributed by atoms with Crippen molar-refractivity contribution in [2.45, 2.75) is 32.4 Å². The fourth-order valence-electron chi connectivity index (χ4n) is 4.30. The van der Waals surface area contributed by atoms with Gasteiger partial charge in [-0.05, 0) is 42.8 Å². The summed E-state index contributed by atoms with van der Waals surface area (Å²) in [4.78, 5) is 31.7. The Balaban J connectivity index is 1.53. The van der Waals surface area contributed by atoms with Crippen LogP contribution in [-0.4, -0.2) is 35.0 Å². The molecular formula is C25H23ClN2O3S. The number of rotatable bonds is 5. The van der Waals surface area contributed by atoms with Crippen LogP contribution in [0.4, 0.5) is 0 Å². The van der Waals surface area contributed by atoms with Crippen molar-refractivity contribution in [1.82, 2.24) is 9.88 Å². The zero-order valence-corrected chi connectivity index (χ0v) is 19.3. The molecule has 1 aliphatic rings. The molecule has 1 N–H and O–H groups in total. The highest BCUT2D eigenvalue weighted by Gasteiger charge is 2.27. The lowest BCUT2D eigenvalue weighted by molar-refractivity contribution is 0.0510. The van der Waals surface area contributed by atoms with E-state index in [1.165, 1.54) is 11.3 Å². The van der Waals surface area contributed by atoms with Crippen LogP contribution in [0.25, 0.3) is 21.0 Å². The van der Waals surface area contributed by atoms with Gasteiger partial charge in [-0.15, -0.1) is 11.3 Å². The normalized spacial score (nSPS) is 16.1. The summed E-state index contributed by atoms with van der Waals surface area (Å²) >= 11 is 7.99. The number of hydrogen-bond donors (Lipinski definition) is 1. The Morgan fingerprint density at radius 1 is 1.25 bits per heavy atom. The van der Waals surface area contributed by atoms with Crippen molar-refractivity contribution in [3.63, 3.8) is 0 Å². The number of nitrogens with zero attached hydrogens (tertiary/aromatic N) is 1. The third-order valence-electron chi connectivity index (χ3n) is 5.99. The van der Waals surface area contributed by atoms with E-state index >= 15 is 0 Å². The summed E-state index contributed by atoms with van der Waals surface area (Å²) < 4.78 is 6.77. The number of ether oxygens (including phenoxy) is 1. The maximum Gasteiger partial charge on any atom is 0.265 e. The molecule has 7 heteroatoms. The van der Waals surface area contributed by atoms with Gasteiger partial charge in [-0.1, -0.05) is 48.0 Å². The zero-order valence-electron chi connectivity index (χ0n) is 17.7. The highest BCUT2D eigenvalue weighted by atomic mass is 35.5. The molecule has 0 radical (unpaired) electrons. The van der Waals surface area contributed by atoms with E-state index in [9.17, 15) is 9.59 Å². The third kappa shape index (κ3) is 3.94. The molecule has 1 atom stereocenters. The molecule has 1 fully saturated rings. The molecule has 0 spiro atoms. The van der Waals surface area contributed by atoms with Gasteiger partial charge in [0.2, 0.25) is 0 Å². The van der Waals surface area contributed by atoms with Crippen molar-refractivity contribution in [1.29, 1.82) is 0 Å². The largest absolute Gasteiger partial charge is 0.376 e. The average Bonchev–Trinajstić information content (AvgIpc) is 3.42. The summed E-state index contributed by atoms with van der Waals surface area (Å²) in [5.41, 5.74) is 2.20. The number of fused-ring (bicyclic) bond motifs is 2. The van der Waals surface area contributed by atoms with Gasteiger partial charge >= 0.3 is 0 Å². The minimum atomic E-state index is -0.181. The van der Waals surface area contributed by atoms with Crippen LogP contribution >= 0.6 is 22.9 Å². The van der Waals surface area contributed by atoms with Crippen LogP contribution in [-0.2, 0) is 11.3 Å². The van der Waals surface area contributed by atoms with Crippen molar-refractivity contribution in [2.75, 3.05) is 13.2 Å². The number of hydrogen-bond acceptors (Lipinski definition) is 4. The van der Waals surface area contributed by atoms with E-state index in [1.54, 1.807) is 4.90 Å². The van der Waals surface area contributed by atoms with E-state index in [-0.39, 0.29) is 24.1 Å². The number of aromatic nitrogens is 1. The van der Waals surface area contributed by atoms with Crippen LogP contribution in [0, 0.1) is 6.92 Å². The number of carbonyl (C=O) groups excluding carboxylic acids is 1. The average molecular weight is 467 g/mol. The number of H-pyrrole nitrogens is 1. The maximum absolute atomic E-state index is 13.6. The van der Waals surface area contributed by atoms with E-state index in [4.69, 9.17) is 16.3 Å². The summed E-state index contributed by atoms with van der Waals surface area (Å²) in [5.74, 6) is -0.171. The summed E-state index contributed by atoms with van der Waals surface area (Å²) in [6, 6.07) is 15.5. The standard InChI is InChI=1S/C25H23ClN2O3S/c1-15-6-4-7-16-12-17(24(29)27-22(15)16)13-28(14-18-8-5-11-31-18)25(30)23-21(26)19-9-2-3-10-20(19)32-23/h2-4,6-7,9-10,12,18H,5,8,11,13-14H2,1H3,(H,27,29). The van der Waals surface area contributed by atoms with E-state index in [0.29, 0.717) is 28.6 Å². The molecule has 5 nitrogen and oxygen atoms in total. The van der Waals surface area contributed by atoms with Gasteiger partial charge in [-0.3, -0.25) is 9.59 Å². The Bertz CT molecular complexity index is 1370. The van der Waals surface area contributed by atoms with Crippen LogP contribution in [0.5, 0.6) is 0 Å². The van der Waals surface area contributed by atoms with E-state index in [0.717, 1.165) is 39.4 Å². The van der Waals surface area contributed by atoms with Crippen LogP contribution < -0.4 is 5.56 Å². The van der Waals surface area contributed by atoms with E-state index < -0.39 is 0 Å². The highest BCUT2D eigenvalue weighted by Crippen LogP contribution is 2.36. The van der Waals surface area contributed by atoms with Crippen LogP contribution in [0.1, 0.15) is 33.6 Å². The summed E-state index contributed by atoms with van der Waals surface area (Å²) in [6.07, 6.45) is 1.84. The van der Waals surface area contributed by atoms with Gasteiger partial charge in [0.25, 0.3) is 11.5 Å². The quantitative estimate of drug-likeness (QED) is 0.421. The minimum Gasteiger partial charge on any atom is -0.376 e. The molecule has 2 aromatic carbocycles. The lowest BCUT2D eigenvalue weighted by Gasteiger charge is -2.25.